The fraction of sp³-hybridized carbons (Fsp3) is 0.389. The quantitative estimate of drug-likeness (QED) is 0.671. The Morgan fingerprint density at radius 1 is 1.21 bits per heavy atom. The molecule has 0 radical (unpaired) electrons. The van der Waals surface area contributed by atoms with Crippen LogP contribution in [0.25, 0.3) is 0 Å². The monoisotopic (exact) mass is 326 g/mol. The fourth-order valence-corrected chi connectivity index (χ4v) is 2.59. The topological polar surface area (TPSA) is 76.4 Å². The third-order valence-corrected chi connectivity index (χ3v) is 4.08. The molecule has 6 nitrogen and oxygen atoms in total. The summed E-state index contributed by atoms with van der Waals surface area (Å²) in [6.45, 7) is 5.87. The van der Waals surface area contributed by atoms with E-state index in [1.165, 1.54) is 0 Å². The average Bonchev–Trinajstić information content (AvgIpc) is 2.60. The van der Waals surface area contributed by atoms with E-state index >= 15 is 0 Å². The smallest absolute Gasteiger partial charge is 0.263 e. The van der Waals surface area contributed by atoms with Gasteiger partial charge in [-0.15, -0.1) is 0 Å². The lowest BCUT2D eigenvalue weighted by Gasteiger charge is -2.33. The van der Waals surface area contributed by atoms with Gasteiger partial charge in [0.15, 0.2) is 0 Å². The van der Waals surface area contributed by atoms with Crippen molar-refractivity contribution in [3.05, 3.63) is 47.7 Å². The molecule has 0 aromatic heterocycles. The molecular weight excluding hydrogens is 304 g/mol. The third kappa shape index (κ3) is 4.59. The van der Waals surface area contributed by atoms with Crippen molar-refractivity contribution in [3.63, 3.8) is 0 Å². The summed E-state index contributed by atoms with van der Waals surface area (Å²) in [6, 6.07) is 11.4. The molecule has 1 atom stereocenters. The van der Waals surface area contributed by atoms with Crippen LogP contribution in [0.3, 0.4) is 0 Å². The van der Waals surface area contributed by atoms with E-state index in [1.807, 2.05) is 48.2 Å². The number of benzene rings is 1. The molecule has 1 unspecified atom stereocenters. The van der Waals surface area contributed by atoms with Gasteiger partial charge in [0.1, 0.15) is 11.6 Å². The summed E-state index contributed by atoms with van der Waals surface area (Å²) in [4.78, 5) is 27.3. The third-order valence-electron chi connectivity index (χ3n) is 4.08. The number of rotatable bonds is 4. The average molecular weight is 326 g/mol. The first-order valence-electron chi connectivity index (χ1n) is 7.98. The predicted octanol–water partition coefficient (Wildman–Crippen LogP) is 1.44. The van der Waals surface area contributed by atoms with Gasteiger partial charge in [0.2, 0.25) is 5.91 Å². The van der Waals surface area contributed by atoms with E-state index in [1.54, 1.807) is 18.0 Å². The van der Waals surface area contributed by atoms with Crippen LogP contribution in [-0.2, 0) is 9.59 Å². The van der Waals surface area contributed by atoms with Crippen molar-refractivity contribution in [1.82, 2.24) is 15.1 Å². The number of nitriles is 1. The zero-order valence-corrected chi connectivity index (χ0v) is 14.0. The molecule has 1 saturated heterocycles. The Balaban J connectivity index is 1.97. The molecule has 2 amide bonds. The zero-order valence-electron chi connectivity index (χ0n) is 14.0. The second-order valence-electron chi connectivity index (χ2n) is 5.80. The standard InChI is InChI=1S/C18H22N4O2/c1-14(16-6-4-3-5-7-16)20-18(24)17(12-19)13-21-8-10-22(11-9-21)15(2)23/h3-7,13-14H,8-11H2,1-2H3,(H,20,24)/b17-13-. The minimum Gasteiger partial charge on any atom is -0.373 e. The number of piperazine rings is 1. The molecule has 1 aliphatic heterocycles. The number of hydrogen-bond acceptors (Lipinski definition) is 4. The summed E-state index contributed by atoms with van der Waals surface area (Å²) in [5.74, 6) is -0.337. The van der Waals surface area contributed by atoms with E-state index in [9.17, 15) is 14.9 Å². The van der Waals surface area contributed by atoms with Crippen LogP contribution in [-0.4, -0.2) is 47.8 Å². The molecule has 6 heteroatoms. The van der Waals surface area contributed by atoms with Gasteiger partial charge in [-0.1, -0.05) is 30.3 Å². The van der Waals surface area contributed by atoms with Gasteiger partial charge >= 0.3 is 0 Å². The highest BCUT2D eigenvalue weighted by molar-refractivity contribution is 5.97. The molecule has 0 saturated carbocycles. The van der Waals surface area contributed by atoms with E-state index in [-0.39, 0.29) is 23.4 Å². The van der Waals surface area contributed by atoms with Crippen molar-refractivity contribution >= 4 is 11.8 Å². The minimum atomic E-state index is -0.386. The van der Waals surface area contributed by atoms with Crippen molar-refractivity contribution < 1.29 is 9.59 Å². The maximum Gasteiger partial charge on any atom is 0.263 e. The van der Waals surface area contributed by atoms with Crippen LogP contribution >= 0.6 is 0 Å². The Morgan fingerprint density at radius 3 is 2.38 bits per heavy atom. The maximum atomic E-state index is 12.3. The van der Waals surface area contributed by atoms with Crippen LogP contribution < -0.4 is 5.32 Å². The lowest BCUT2D eigenvalue weighted by molar-refractivity contribution is -0.130. The highest BCUT2D eigenvalue weighted by Crippen LogP contribution is 2.12. The van der Waals surface area contributed by atoms with Gasteiger partial charge < -0.3 is 15.1 Å². The van der Waals surface area contributed by atoms with Gasteiger partial charge in [0.05, 0.1) is 6.04 Å². The Hall–Kier alpha value is -2.81. The first-order valence-corrected chi connectivity index (χ1v) is 7.98. The van der Waals surface area contributed by atoms with Gasteiger partial charge in [0, 0.05) is 39.3 Å². The Morgan fingerprint density at radius 2 is 1.83 bits per heavy atom. The molecule has 0 bridgehead atoms. The summed E-state index contributed by atoms with van der Waals surface area (Å²) < 4.78 is 0. The first kappa shape index (κ1) is 17.5. The molecule has 1 aliphatic rings. The van der Waals surface area contributed by atoms with E-state index in [0.717, 1.165) is 5.56 Å². The first-order chi connectivity index (χ1) is 11.5. The Labute approximate surface area is 142 Å². The second-order valence-corrected chi connectivity index (χ2v) is 5.80. The van der Waals surface area contributed by atoms with E-state index in [0.29, 0.717) is 26.2 Å². The van der Waals surface area contributed by atoms with Crippen LogP contribution in [0.1, 0.15) is 25.5 Å². The van der Waals surface area contributed by atoms with Crippen LogP contribution in [0.2, 0.25) is 0 Å². The molecule has 1 aromatic rings. The van der Waals surface area contributed by atoms with Gasteiger partial charge in [-0.3, -0.25) is 9.59 Å². The van der Waals surface area contributed by atoms with E-state index in [2.05, 4.69) is 5.32 Å². The number of nitrogens with one attached hydrogen (secondary N) is 1. The lowest BCUT2D eigenvalue weighted by Crippen LogP contribution is -2.46. The van der Waals surface area contributed by atoms with Crippen LogP contribution in [0, 0.1) is 11.3 Å². The minimum absolute atomic E-state index is 0.0496. The van der Waals surface area contributed by atoms with Crippen molar-refractivity contribution in [2.45, 2.75) is 19.9 Å². The SMILES string of the molecule is CC(=O)N1CCN(/C=C(/C#N)C(=O)NC(C)c2ccccc2)CC1. The highest BCUT2D eigenvalue weighted by atomic mass is 16.2. The normalized spacial score (nSPS) is 16.3. The number of carbonyl (C=O) groups is 2. The van der Waals surface area contributed by atoms with Gasteiger partial charge in [0.25, 0.3) is 5.91 Å². The number of carbonyl (C=O) groups excluding carboxylic acids is 2. The summed E-state index contributed by atoms with van der Waals surface area (Å²) in [7, 11) is 0. The maximum absolute atomic E-state index is 12.3. The molecule has 0 spiro atoms. The molecule has 0 aliphatic carbocycles. The molecule has 2 rings (SSSR count). The van der Waals surface area contributed by atoms with Gasteiger partial charge in [-0.25, -0.2) is 0 Å². The van der Waals surface area contributed by atoms with Crippen molar-refractivity contribution in [2.24, 2.45) is 0 Å². The summed E-state index contributed by atoms with van der Waals surface area (Å²) in [6.07, 6.45) is 1.59. The van der Waals surface area contributed by atoms with Gasteiger partial charge in [-0.2, -0.15) is 5.26 Å². The molecule has 1 heterocycles. The highest BCUT2D eigenvalue weighted by Gasteiger charge is 2.19. The lowest BCUT2D eigenvalue weighted by atomic mass is 10.1. The molecule has 126 valence electrons. The van der Waals surface area contributed by atoms with Crippen molar-refractivity contribution in [1.29, 1.82) is 5.26 Å². The van der Waals surface area contributed by atoms with E-state index in [4.69, 9.17) is 0 Å². The van der Waals surface area contributed by atoms with E-state index < -0.39 is 0 Å². The van der Waals surface area contributed by atoms with Crippen molar-refractivity contribution in [3.8, 4) is 6.07 Å². The summed E-state index contributed by atoms with van der Waals surface area (Å²) in [5.41, 5.74) is 1.06. The van der Waals surface area contributed by atoms with Crippen molar-refractivity contribution in [2.75, 3.05) is 26.2 Å². The van der Waals surface area contributed by atoms with Crippen LogP contribution in [0.15, 0.2) is 42.1 Å². The number of amides is 2. The summed E-state index contributed by atoms with van der Waals surface area (Å²) in [5, 5.41) is 12.1. The fourth-order valence-electron chi connectivity index (χ4n) is 2.59. The Kier molecular flexibility index (Phi) is 5.96. The van der Waals surface area contributed by atoms with Crippen LogP contribution in [0.4, 0.5) is 0 Å². The molecule has 1 fully saturated rings. The molecule has 24 heavy (non-hydrogen) atoms. The summed E-state index contributed by atoms with van der Waals surface area (Å²) >= 11 is 0. The largest absolute Gasteiger partial charge is 0.373 e. The van der Waals surface area contributed by atoms with Gasteiger partial charge in [-0.05, 0) is 12.5 Å². The molecule has 1 aromatic carbocycles. The predicted molar refractivity (Wildman–Crippen MR) is 90.5 cm³/mol. The second kappa shape index (κ2) is 8.16. The molecular formula is C18H22N4O2. The van der Waals surface area contributed by atoms with Crippen LogP contribution in [0.5, 0.6) is 0 Å². The zero-order chi connectivity index (χ0) is 17.5. The number of nitrogens with zero attached hydrogens (tertiary/aromatic N) is 3. The Bertz CT molecular complexity index is 655. The number of hydrogen-bond donors (Lipinski definition) is 1. The molecule has 1 N–H and O–H groups in total.